The minimum atomic E-state index is 0.233. The molecule has 1 unspecified atom stereocenters. The predicted molar refractivity (Wildman–Crippen MR) is 73.1 cm³/mol. The Kier molecular flexibility index (Phi) is 2.50. The molecule has 0 aromatic heterocycles. The van der Waals surface area contributed by atoms with Crippen LogP contribution in [-0.2, 0) is 0 Å². The van der Waals surface area contributed by atoms with Gasteiger partial charge in [-0.25, -0.2) is 0 Å². The predicted octanol–water partition coefficient (Wildman–Crippen LogP) is 4.11. The van der Waals surface area contributed by atoms with Crippen LogP contribution < -0.4 is 0 Å². The summed E-state index contributed by atoms with van der Waals surface area (Å²) >= 11 is 0. The fourth-order valence-corrected chi connectivity index (χ4v) is 2.76. The molecule has 0 saturated heterocycles. The van der Waals surface area contributed by atoms with E-state index in [1.54, 1.807) is 0 Å². The number of nitriles is 1. The van der Waals surface area contributed by atoms with Crippen LogP contribution in [0.15, 0.2) is 54.1 Å². The van der Waals surface area contributed by atoms with Gasteiger partial charge in [0.05, 0.1) is 11.6 Å². The highest BCUT2D eigenvalue weighted by molar-refractivity contribution is 5.72. The van der Waals surface area contributed by atoms with Crippen LogP contribution in [0.1, 0.15) is 35.1 Å². The number of hydrogen-bond acceptors (Lipinski definition) is 1. The van der Waals surface area contributed by atoms with Gasteiger partial charge in [-0.15, -0.1) is 0 Å². The molecular weight excluding hydrogens is 218 g/mol. The highest BCUT2D eigenvalue weighted by atomic mass is 14.3. The zero-order valence-corrected chi connectivity index (χ0v) is 10.2. The normalized spacial score (nSPS) is 16.9. The molecule has 0 heterocycles. The third-order valence-electron chi connectivity index (χ3n) is 3.52. The smallest absolute Gasteiger partial charge is 0.0995 e. The Balaban J connectivity index is 2.22. The van der Waals surface area contributed by atoms with Crippen LogP contribution in [0.5, 0.6) is 0 Å². The molecule has 1 aliphatic carbocycles. The van der Waals surface area contributed by atoms with E-state index in [-0.39, 0.29) is 5.92 Å². The Morgan fingerprint density at radius 3 is 2.50 bits per heavy atom. The molecule has 2 aromatic rings. The van der Waals surface area contributed by atoms with Gasteiger partial charge in [-0.3, -0.25) is 0 Å². The molecule has 0 spiro atoms. The molecular formula is C17H13N. The maximum atomic E-state index is 9.28. The van der Waals surface area contributed by atoms with Crippen molar-refractivity contribution in [2.45, 2.75) is 12.8 Å². The van der Waals surface area contributed by atoms with Crippen molar-refractivity contribution in [3.8, 4) is 6.07 Å². The first-order chi connectivity index (χ1) is 8.81. The van der Waals surface area contributed by atoms with E-state index in [2.05, 4.69) is 49.4 Å². The zero-order valence-electron chi connectivity index (χ0n) is 10.2. The van der Waals surface area contributed by atoms with Crippen molar-refractivity contribution in [2.24, 2.45) is 0 Å². The summed E-state index contributed by atoms with van der Waals surface area (Å²) in [5.41, 5.74) is 5.69. The molecule has 1 nitrogen and oxygen atoms in total. The first-order valence-electron chi connectivity index (χ1n) is 6.07. The van der Waals surface area contributed by atoms with Crippen LogP contribution in [0.3, 0.4) is 0 Å². The molecule has 1 aliphatic rings. The van der Waals surface area contributed by atoms with E-state index in [1.807, 2.05) is 18.2 Å². The molecule has 0 amide bonds. The van der Waals surface area contributed by atoms with Gasteiger partial charge in [-0.2, -0.15) is 5.26 Å². The quantitative estimate of drug-likeness (QED) is 0.724. The molecule has 1 heteroatoms. The first-order valence-corrected chi connectivity index (χ1v) is 6.07. The van der Waals surface area contributed by atoms with E-state index < -0.39 is 0 Å². The number of nitrogens with zero attached hydrogens (tertiary/aromatic N) is 1. The van der Waals surface area contributed by atoms with Gasteiger partial charge in [0.15, 0.2) is 0 Å². The monoisotopic (exact) mass is 231 g/mol. The summed E-state index contributed by atoms with van der Waals surface area (Å²) in [6.45, 7) is 2.14. The first kappa shape index (κ1) is 10.8. The molecule has 86 valence electrons. The van der Waals surface area contributed by atoms with Crippen molar-refractivity contribution in [1.82, 2.24) is 0 Å². The second-order valence-corrected chi connectivity index (χ2v) is 4.65. The molecule has 0 aliphatic heterocycles. The molecule has 1 atom stereocenters. The fourth-order valence-electron chi connectivity index (χ4n) is 2.76. The average Bonchev–Trinajstić information content (AvgIpc) is 2.75. The van der Waals surface area contributed by atoms with Gasteiger partial charge in [0.1, 0.15) is 0 Å². The van der Waals surface area contributed by atoms with E-state index in [9.17, 15) is 5.26 Å². The number of hydrogen-bond donors (Lipinski definition) is 0. The van der Waals surface area contributed by atoms with Crippen LogP contribution in [0.4, 0.5) is 0 Å². The Morgan fingerprint density at radius 2 is 1.78 bits per heavy atom. The van der Waals surface area contributed by atoms with Gasteiger partial charge >= 0.3 is 0 Å². The Bertz CT molecular complexity index is 660. The van der Waals surface area contributed by atoms with Crippen molar-refractivity contribution in [2.75, 3.05) is 0 Å². The van der Waals surface area contributed by atoms with Crippen molar-refractivity contribution < 1.29 is 0 Å². The van der Waals surface area contributed by atoms with Crippen LogP contribution in [-0.4, -0.2) is 0 Å². The van der Waals surface area contributed by atoms with Crippen LogP contribution in [0, 0.1) is 11.3 Å². The third kappa shape index (κ3) is 1.55. The second kappa shape index (κ2) is 4.16. The summed E-state index contributed by atoms with van der Waals surface area (Å²) in [6, 6.07) is 18.6. The standard InChI is InChI=1S/C17H13N/c1-12-10-14-8-5-9-15(11-18)17(14)16(12)13-6-3-2-4-7-13/h2-10,16H,1H3. The molecule has 0 saturated carbocycles. The minimum Gasteiger partial charge on any atom is -0.192 e. The summed E-state index contributed by atoms with van der Waals surface area (Å²) in [5, 5.41) is 9.28. The molecule has 2 aromatic carbocycles. The van der Waals surface area contributed by atoms with Gasteiger partial charge in [-0.1, -0.05) is 54.1 Å². The molecule has 0 radical (unpaired) electrons. The van der Waals surface area contributed by atoms with Crippen LogP contribution in [0.25, 0.3) is 6.08 Å². The van der Waals surface area contributed by atoms with Crippen LogP contribution >= 0.6 is 0 Å². The highest BCUT2D eigenvalue weighted by Crippen LogP contribution is 2.42. The maximum absolute atomic E-state index is 9.28. The van der Waals surface area contributed by atoms with Gasteiger partial charge in [-0.05, 0) is 29.7 Å². The fraction of sp³-hybridized carbons (Fsp3) is 0.118. The Hall–Kier alpha value is -2.33. The van der Waals surface area contributed by atoms with Crippen molar-refractivity contribution in [3.63, 3.8) is 0 Å². The largest absolute Gasteiger partial charge is 0.192 e. The molecule has 0 N–H and O–H groups in total. The summed E-state index contributed by atoms with van der Waals surface area (Å²) in [4.78, 5) is 0. The summed E-state index contributed by atoms with van der Waals surface area (Å²) in [5.74, 6) is 0.233. The Morgan fingerprint density at radius 1 is 1.00 bits per heavy atom. The topological polar surface area (TPSA) is 23.8 Å². The number of fused-ring (bicyclic) bond motifs is 1. The van der Waals surface area contributed by atoms with Crippen molar-refractivity contribution in [3.05, 3.63) is 76.4 Å². The summed E-state index contributed by atoms with van der Waals surface area (Å²) in [6.07, 6.45) is 2.19. The maximum Gasteiger partial charge on any atom is 0.0995 e. The Labute approximate surface area is 107 Å². The minimum absolute atomic E-state index is 0.233. The van der Waals surface area contributed by atoms with Gasteiger partial charge in [0, 0.05) is 5.92 Å². The van der Waals surface area contributed by atoms with Crippen molar-refractivity contribution in [1.29, 1.82) is 5.26 Å². The third-order valence-corrected chi connectivity index (χ3v) is 3.52. The second-order valence-electron chi connectivity index (χ2n) is 4.65. The lowest BCUT2D eigenvalue weighted by molar-refractivity contribution is 0.971. The number of benzene rings is 2. The molecule has 0 fully saturated rings. The van der Waals surface area contributed by atoms with E-state index in [0.29, 0.717) is 0 Å². The van der Waals surface area contributed by atoms with Gasteiger partial charge in [0.25, 0.3) is 0 Å². The summed E-state index contributed by atoms with van der Waals surface area (Å²) in [7, 11) is 0. The number of rotatable bonds is 1. The lowest BCUT2D eigenvalue weighted by atomic mass is 9.86. The zero-order chi connectivity index (χ0) is 12.5. The van der Waals surface area contributed by atoms with Crippen molar-refractivity contribution >= 4 is 6.08 Å². The molecule has 3 rings (SSSR count). The highest BCUT2D eigenvalue weighted by Gasteiger charge is 2.26. The molecule has 0 bridgehead atoms. The lowest BCUT2D eigenvalue weighted by Gasteiger charge is -2.16. The van der Waals surface area contributed by atoms with E-state index >= 15 is 0 Å². The molecule has 18 heavy (non-hydrogen) atoms. The SMILES string of the molecule is CC1=Cc2cccc(C#N)c2C1c1ccccc1. The van der Waals surface area contributed by atoms with Crippen LogP contribution in [0.2, 0.25) is 0 Å². The van der Waals surface area contributed by atoms with E-state index in [1.165, 1.54) is 16.7 Å². The average molecular weight is 231 g/mol. The van der Waals surface area contributed by atoms with Gasteiger partial charge in [0.2, 0.25) is 0 Å². The lowest BCUT2D eigenvalue weighted by Crippen LogP contribution is -2.01. The van der Waals surface area contributed by atoms with E-state index in [0.717, 1.165) is 11.1 Å². The number of allylic oxidation sites excluding steroid dienone is 1. The summed E-state index contributed by atoms with van der Waals surface area (Å²) < 4.78 is 0. The van der Waals surface area contributed by atoms with E-state index in [4.69, 9.17) is 0 Å². The van der Waals surface area contributed by atoms with Gasteiger partial charge < -0.3 is 0 Å².